The largest absolute Gasteiger partial charge is 0.421 e. The molecule has 0 aliphatic rings. The van der Waals surface area contributed by atoms with Gasteiger partial charge in [0.25, 0.3) is 0 Å². The molecule has 0 radical (unpaired) electrons. The van der Waals surface area contributed by atoms with E-state index in [0.29, 0.717) is 11.8 Å². The molecule has 0 aliphatic heterocycles. The van der Waals surface area contributed by atoms with Crippen molar-refractivity contribution in [2.75, 3.05) is 0 Å². The first kappa shape index (κ1) is 15.9. The Bertz CT molecular complexity index is 1430. The highest BCUT2D eigenvalue weighted by atomic mass is 16.5. The summed E-state index contributed by atoms with van der Waals surface area (Å²) in [4.78, 5) is 18.4. The van der Waals surface area contributed by atoms with E-state index >= 15 is 0 Å². The molecule has 0 spiro atoms. The van der Waals surface area contributed by atoms with E-state index in [-0.39, 0.29) is 0 Å². The Labute approximate surface area is 165 Å². The summed E-state index contributed by atoms with van der Waals surface area (Å²) in [6, 6.07) is 23.8. The summed E-state index contributed by atoms with van der Waals surface area (Å²) in [5.74, 6) is 0.964. The van der Waals surface area contributed by atoms with Crippen molar-refractivity contribution in [3.8, 4) is 11.8 Å². The van der Waals surface area contributed by atoms with Crippen molar-refractivity contribution in [3.05, 3.63) is 85.2 Å². The standard InChI is InChI=1S/C24H14N4O/c1-3-15-5-7-17-9-11-19(27-23(17)21(15)25-13-1)29-20-12-10-18-8-6-16-4-2-14-26-22(16)24(18)28-20/h1-14H. The molecule has 6 rings (SSSR count). The summed E-state index contributed by atoms with van der Waals surface area (Å²) < 4.78 is 6.01. The second-order valence-corrected chi connectivity index (χ2v) is 6.83. The van der Waals surface area contributed by atoms with Crippen LogP contribution >= 0.6 is 0 Å². The molecule has 0 aliphatic carbocycles. The number of nitrogens with zero attached hydrogens (tertiary/aromatic N) is 4. The van der Waals surface area contributed by atoms with Crippen molar-refractivity contribution in [1.29, 1.82) is 0 Å². The normalized spacial score (nSPS) is 11.4. The SMILES string of the molecule is c1cnc2c(c1)ccc1ccc(Oc3ccc4ccc5cccnc5c4n3)nc12. The molecular formula is C24H14N4O. The monoisotopic (exact) mass is 374 g/mol. The molecule has 5 heteroatoms. The average molecular weight is 374 g/mol. The van der Waals surface area contributed by atoms with Gasteiger partial charge in [0.05, 0.1) is 11.0 Å². The van der Waals surface area contributed by atoms with E-state index in [4.69, 9.17) is 14.7 Å². The molecule has 29 heavy (non-hydrogen) atoms. The van der Waals surface area contributed by atoms with E-state index in [2.05, 4.69) is 22.1 Å². The van der Waals surface area contributed by atoms with Gasteiger partial charge in [0.2, 0.25) is 11.8 Å². The van der Waals surface area contributed by atoms with Gasteiger partial charge in [-0.2, -0.15) is 0 Å². The van der Waals surface area contributed by atoms with Crippen molar-refractivity contribution in [1.82, 2.24) is 19.9 Å². The van der Waals surface area contributed by atoms with Gasteiger partial charge in [-0.25, -0.2) is 9.97 Å². The van der Waals surface area contributed by atoms with Gasteiger partial charge in [0.1, 0.15) is 11.0 Å². The van der Waals surface area contributed by atoms with Crippen molar-refractivity contribution in [2.45, 2.75) is 0 Å². The van der Waals surface area contributed by atoms with Crippen molar-refractivity contribution in [3.63, 3.8) is 0 Å². The molecule has 0 atom stereocenters. The highest BCUT2D eigenvalue weighted by Gasteiger charge is 2.09. The number of rotatable bonds is 2. The van der Waals surface area contributed by atoms with Crippen LogP contribution < -0.4 is 4.74 Å². The van der Waals surface area contributed by atoms with Crippen LogP contribution in [0.4, 0.5) is 0 Å². The van der Waals surface area contributed by atoms with Crippen molar-refractivity contribution in [2.24, 2.45) is 0 Å². The Morgan fingerprint density at radius 2 is 0.862 bits per heavy atom. The van der Waals surface area contributed by atoms with E-state index < -0.39 is 0 Å². The number of aromatic nitrogens is 4. The highest BCUT2D eigenvalue weighted by molar-refractivity contribution is 6.03. The lowest BCUT2D eigenvalue weighted by Gasteiger charge is -2.08. The second kappa shape index (κ2) is 6.21. The van der Waals surface area contributed by atoms with Gasteiger partial charge in [0.15, 0.2) is 0 Å². The molecule has 0 N–H and O–H groups in total. The van der Waals surface area contributed by atoms with Crippen LogP contribution in [0.2, 0.25) is 0 Å². The van der Waals surface area contributed by atoms with Crippen LogP contribution in [-0.4, -0.2) is 19.9 Å². The molecule has 0 unspecified atom stereocenters. The fourth-order valence-electron chi connectivity index (χ4n) is 3.63. The lowest BCUT2D eigenvalue weighted by molar-refractivity contribution is 0.449. The molecule has 0 amide bonds. The predicted octanol–water partition coefficient (Wildman–Crippen LogP) is 5.67. The van der Waals surface area contributed by atoms with Gasteiger partial charge in [0, 0.05) is 46.1 Å². The molecule has 0 saturated carbocycles. The third-order valence-electron chi connectivity index (χ3n) is 5.02. The molecule has 4 aromatic heterocycles. The Morgan fingerprint density at radius 3 is 1.34 bits per heavy atom. The second-order valence-electron chi connectivity index (χ2n) is 6.83. The molecule has 0 fully saturated rings. The first-order valence-electron chi connectivity index (χ1n) is 9.32. The van der Waals surface area contributed by atoms with Gasteiger partial charge in [-0.15, -0.1) is 0 Å². The topological polar surface area (TPSA) is 60.8 Å². The number of fused-ring (bicyclic) bond motifs is 6. The molecule has 0 saturated heterocycles. The van der Waals surface area contributed by atoms with Gasteiger partial charge in [-0.05, 0) is 24.3 Å². The van der Waals surface area contributed by atoms with E-state index in [1.54, 1.807) is 12.4 Å². The van der Waals surface area contributed by atoms with Gasteiger partial charge in [-0.1, -0.05) is 36.4 Å². The van der Waals surface area contributed by atoms with E-state index in [9.17, 15) is 0 Å². The Balaban J connectivity index is 1.48. The first-order valence-corrected chi connectivity index (χ1v) is 9.32. The zero-order valence-electron chi connectivity index (χ0n) is 15.3. The quantitative estimate of drug-likeness (QED) is 0.365. The summed E-state index contributed by atoms with van der Waals surface area (Å²) >= 11 is 0. The van der Waals surface area contributed by atoms with Crippen molar-refractivity contribution >= 4 is 43.6 Å². The van der Waals surface area contributed by atoms with Gasteiger partial charge >= 0.3 is 0 Å². The maximum Gasteiger partial charge on any atom is 0.221 e. The molecular weight excluding hydrogens is 360 g/mol. The van der Waals surface area contributed by atoms with Crippen LogP contribution in [0.1, 0.15) is 0 Å². The average Bonchev–Trinajstić information content (AvgIpc) is 2.79. The summed E-state index contributed by atoms with van der Waals surface area (Å²) in [7, 11) is 0. The fraction of sp³-hybridized carbons (Fsp3) is 0. The number of pyridine rings is 4. The summed E-state index contributed by atoms with van der Waals surface area (Å²) in [6.45, 7) is 0. The number of hydrogen-bond donors (Lipinski definition) is 0. The first-order chi connectivity index (χ1) is 14.3. The smallest absolute Gasteiger partial charge is 0.221 e. The zero-order chi connectivity index (χ0) is 19.2. The van der Waals surface area contributed by atoms with Crippen LogP contribution in [0.5, 0.6) is 11.8 Å². The molecule has 5 nitrogen and oxygen atoms in total. The molecule has 6 aromatic rings. The van der Waals surface area contributed by atoms with Crippen LogP contribution in [0.15, 0.2) is 85.2 Å². The third-order valence-corrected chi connectivity index (χ3v) is 5.02. The molecule has 0 bridgehead atoms. The van der Waals surface area contributed by atoms with Crippen LogP contribution in [0.25, 0.3) is 43.6 Å². The van der Waals surface area contributed by atoms with E-state index in [1.807, 2.05) is 60.7 Å². The predicted molar refractivity (Wildman–Crippen MR) is 114 cm³/mol. The Morgan fingerprint density at radius 1 is 0.448 bits per heavy atom. The van der Waals surface area contributed by atoms with Gasteiger partial charge < -0.3 is 4.74 Å². The fourth-order valence-corrected chi connectivity index (χ4v) is 3.63. The van der Waals surface area contributed by atoms with Gasteiger partial charge in [-0.3, -0.25) is 9.97 Å². The number of ether oxygens (including phenoxy) is 1. The maximum absolute atomic E-state index is 6.01. The van der Waals surface area contributed by atoms with E-state index in [0.717, 1.165) is 43.6 Å². The van der Waals surface area contributed by atoms with E-state index in [1.165, 1.54) is 0 Å². The lowest BCUT2D eigenvalue weighted by Crippen LogP contribution is -1.93. The Kier molecular flexibility index (Phi) is 3.40. The summed E-state index contributed by atoms with van der Waals surface area (Å²) in [5.41, 5.74) is 3.34. The molecule has 4 heterocycles. The zero-order valence-corrected chi connectivity index (χ0v) is 15.3. The minimum Gasteiger partial charge on any atom is -0.421 e. The van der Waals surface area contributed by atoms with Crippen LogP contribution in [-0.2, 0) is 0 Å². The maximum atomic E-state index is 6.01. The van der Waals surface area contributed by atoms with Crippen molar-refractivity contribution < 1.29 is 4.74 Å². The van der Waals surface area contributed by atoms with Crippen LogP contribution in [0, 0.1) is 0 Å². The number of hydrogen-bond acceptors (Lipinski definition) is 5. The highest BCUT2D eigenvalue weighted by Crippen LogP contribution is 2.28. The minimum atomic E-state index is 0.482. The Hall–Kier alpha value is -4.12. The molecule has 136 valence electrons. The number of benzene rings is 2. The third kappa shape index (κ3) is 2.63. The van der Waals surface area contributed by atoms with Crippen LogP contribution in [0.3, 0.4) is 0 Å². The lowest BCUT2D eigenvalue weighted by atomic mass is 10.1. The minimum absolute atomic E-state index is 0.482. The molecule has 2 aromatic carbocycles. The summed E-state index contributed by atoms with van der Waals surface area (Å²) in [6.07, 6.45) is 3.56. The summed E-state index contributed by atoms with van der Waals surface area (Å²) in [5, 5.41) is 4.13.